The maximum atomic E-state index is 12.5. The Kier molecular flexibility index (Phi) is 12.0. The largest absolute Gasteiger partial charge is 0.480 e. The Morgan fingerprint density at radius 1 is 0.939 bits per heavy atom. The summed E-state index contributed by atoms with van der Waals surface area (Å²) < 4.78 is 0. The number of rotatable bonds is 14. The maximum Gasteiger partial charge on any atom is 0.326 e. The molecule has 0 spiro atoms. The van der Waals surface area contributed by atoms with Crippen molar-refractivity contribution in [1.29, 1.82) is 0 Å². The summed E-state index contributed by atoms with van der Waals surface area (Å²) in [7, 11) is 0. The summed E-state index contributed by atoms with van der Waals surface area (Å²) >= 11 is 0. The maximum absolute atomic E-state index is 12.5. The first-order valence-corrected chi connectivity index (χ1v) is 10.9. The lowest BCUT2D eigenvalue weighted by Gasteiger charge is -2.25. The molecule has 0 aromatic heterocycles. The molecule has 1 aromatic rings. The van der Waals surface area contributed by atoms with Crippen LogP contribution in [0.1, 0.15) is 38.7 Å². The number of nitrogens with one attached hydrogen (secondary N) is 3. The SMILES string of the molecule is CC(NC(=O)C(N)Cc1ccccc1)C(=O)NC(C(=O)NC(CCCCN)C(=O)O)C(C)O. The van der Waals surface area contributed by atoms with Crippen LogP contribution >= 0.6 is 0 Å². The number of hydrogen-bond acceptors (Lipinski definition) is 7. The van der Waals surface area contributed by atoms with Crippen molar-refractivity contribution < 1.29 is 29.4 Å². The van der Waals surface area contributed by atoms with E-state index in [-0.39, 0.29) is 12.8 Å². The minimum absolute atomic E-state index is 0.157. The standard InChI is InChI=1S/C22H35N5O6/c1-13(25-20(30)16(24)12-15-8-4-3-5-9-15)19(29)27-18(14(2)28)21(31)26-17(22(32)33)10-6-7-11-23/h3-5,8-9,13-14,16-18,28H,6-7,10-12,23-24H2,1-2H3,(H,25,30)(H,26,31)(H,27,29)(H,32,33). The normalized spacial score (nSPS) is 15.4. The number of aliphatic carboxylic acids is 1. The van der Waals surface area contributed by atoms with Gasteiger partial charge >= 0.3 is 5.97 Å². The molecular weight excluding hydrogens is 430 g/mol. The van der Waals surface area contributed by atoms with E-state index in [9.17, 15) is 29.4 Å². The van der Waals surface area contributed by atoms with Crippen LogP contribution in [0.4, 0.5) is 0 Å². The molecule has 5 atom stereocenters. The number of nitrogens with two attached hydrogens (primary N) is 2. The van der Waals surface area contributed by atoms with Crippen LogP contribution in [0.15, 0.2) is 30.3 Å². The molecule has 0 fully saturated rings. The van der Waals surface area contributed by atoms with Crippen LogP contribution in [0.3, 0.4) is 0 Å². The van der Waals surface area contributed by atoms with Crippen LogP contribution in [0, 0.1) is 0 Å². The first kappa shape index (κ1) is 28.0. The topological polar surface area (TPSA) is 197 Å². The van der Waals surface area contributed by atoms with E-state index in [1.165, 1.54) is 13.8 Å². The Labute approximate surface area is 193 Å². The van der Waals surface area contributed by atoms with E-state index in [4.69, 9.17) is 11.5 Å². The Hall–Kier alpha value is -3.02. The summed E-state index contributed by atoms with van der Waals surface area (Å²) in [6, 6.07) is 4.62. The molecular formula is C22H35N5O6. The number of hydrogen-bond donors (Lipinski definition) is 7. The van der Waals surface area contributed by atoms with Crippen LogP contribution in [0.5, 0.6) is 0 Å². The number of amides is 3. The number of carboxylic acids is 1. The van der Waals surface area contributed by atoms with Crippen molar-refractivity contribution in [2.75, 3.05) is 6.54 Å². The quantitative estimate of drug-likeness (QED) is 0.163. The van der Waals surface area contributed by atoms with Gasteiger partial charge in [0.15, 0.2) is 0 Å². The molecule has 11 nitrogen and oxygen atoms in total. The number of aliphatic hydroxyl groups is 1. The molecule has 0 aliphatic carbocycles. The van der Waals surface area contributed by atoms with Gasteiger partial charge in [-0.15, -0.1) is 0 Å². The lowest BCUT2D eigenvalue weighted by Crippen LogP contribution is -2.59. The van der Waals surface area contributed by atoms with Crippen LogP contribution in [-0.4, -0.2) is 70.7 Å². The summed E-state index contributed by atoms with van der Waals surface area (Å²) in [4.78, 5) is 48.8. The van der Waals surface area contributed by atoms with Gasteiger partial charge in [-0.1, -0.05) is 30.3 Å². The monoisotopic (exact) mass is 465 g/mol. The highest BCUT2D eigenvalue weighted by Crippen LogP contribution is 2.04. The Balaban J connectivity index is 2.68. The van der Waals surface area contributed by atoms with E-state index in [1.54, 1.807) is 0 Å². The Morgan fingerprint density at radius 2 is 1.58 bits per heavy atom. The second-order valence-electron chi connectivity index (χ2n) is 7.94. The van der Waals surface area contributed by atoms with E-state index >= 15 is 0 Å². The molecule has 0 aliphatic heterocycles. The van der Waals surface area contributed by atoms with Gasteiger partial charge in [0.1, 0.15) is 18.1 Å². The van der Waals surface area contributed by atoms with Gasteiger partial charge in [-0.2, -0.15) is 0 Å². The number of carboxylic acid groups (broad SMARTS) is 1. The lowest BCUT2D eigenvalue weighted by molar-refractivity contribution is -0.143. The average molecular weight is 466 g/mol. The van der Waals surface area contributed by atoms with Gasteiger partial charge in [0.05, 0.1) is 12.1 Å². The summed E-state index contributed by atoms with van der Waals surface area (Å²) in [5.41, 5.74) is 12.2. The van der Waals surface area contributed by atoms with Crippen molar-refractivity contribution in [1.82, 2.24) is 16.0 Å². The van der Waals surface area contributed by atoms with Crippen LogP contribution in [0.2, 0.25) is 0 Å². The van der Waals surface area contributed by atoms with Crippen LogP contribution in [0.25, 0.3) is 0 Å². The summed E-state index contributed by atoms with van der Waals surface area (Å²) in [5.74, 6) is -3.36. The highest BCUT2D eigenvalue weighted by molar-refractivity contribution is 5.94. The molecule has 0 saturated heterocycles. The molecule has 184 valence electrons. The van der Waals surface area contributed by atoms with E-state index in [1.807, 2.05) is 30.3 Å². The number of carbonyl (C=O) groups is 4. The zero-order chi connectivity index (χ0) is 25.0. The van der Waals surface area contributed by atoms with Crippen molar-refractivity contribution in [3.8, 4) is 0 Å². The van der Waals surface area contributed by atoms with E-state index in [2.05, 4.69) is 16.0 Å². The Morgan fingerprint density at radius 3 is 2.12 bits per heavy atom. The van der Waals surface area contributed by atoms with Crippen LogP contribution in [-0.2, 0) is 25.6 Å². The molecule has 1 rings (SSSR count). The van der Waals surface area contributed by atoms with Crippen molar-refractivity contribution in [2.24, 2.45) is 11.5 Å². The van der Waals surface area contributed by atoms with Crippen molar-refractivity contribution in [3.05, 3.63) is 35.9 Å². The first-order chi connectivity index (χ1) is 15.6. The third kappa shape index (κ3) is 9.98. The fraction of sp³-hybridized carbons (Fsp3) is 0.545. The second kappa shape index (κ2) is 14.2. The van der Waals surface area contributed by atoms with Crippen LogP contribution < -0.4 is 27.4 Å². The van der Waals surface area contributed by atoms with Gasteiger partial charge in [0.2, 0.25) is 17.7 Å². The first-order valence-electron chi connectivity index (χ1n) is 10.9. The molecule has 3 amide bonds. The minimum Gasteiger partial charge on any atom is -0.480 e. The van der Waals surface area contributed by atoms with E-state index in [0.29, 0.717) is 19.4 Å². The molecule has 0 aliphatic rings. The summed E-state index contributed by atoms with van der Waals surface area (Å²) in [6.45, 7) is 3.09. The number of aliphatic hydroxyl groups excluding tert-OH is 1. The van der Waals surface area contributed by atoms with Gasteiger partial charge in [-0.25, -0.2) is 4.79 Å². The number of carbonyl (C=O) groups excluding carboxylic acids is 3. The van der Waals surface area contributed by atoms with Gasteiger partial charge < -0.3 is 37.6 Å². The fourth-order valence-corrected chi connectivity index (χ4v) is 3.04. The second-order valence-corrected chi connectivity index (χ2v) is 7.94. The van der Waals surface area contributed by atoms with Gasteiger partial charge in [0.25, 0.3) is 0 Å². The van der Waals surface area contributed by atoms with Gasteiger partial charge in [-0.3, -0.25) is 14.4 Å². The fourth-order valence-electron chi connectivity index (χ4n) is 3.04. The lowest BCUT2D eigenvalue weighted by atomic mass is 10.1. The summed E-state index contributed by atoms with van der Waals surface area (Å²) in [5, 5.41) is 26.4. The summed E-state index contributed by atoms with van der Waals surface area (Å²) in [6.07, 6.45) is 0.215. The molecule has 0 saturated carbocycles. The number of benzene rings is 1. The minimum atomic E-state index is -1.41. The third-order valence-electron chi connectivity index (χ3n) is 5.01. The predicted octanol–water partition coefficient (Wildman–Crippen LogP) is -1.37. The Bertz CT molecular complexity index is 789. The molecule has 0 heterocycles. The molecule has 11 heteroatoms. The highest BCUT2D eigenvalue weighted by Gasteiger charge is 2.31. The molecule has 1 aromatic carbocycles. The van der Waals surface area contributed by atoms with Gasteiger partial charge in [-0.05, 0) is 51.6 Å². The molecule has 9 N–H and O–H groups in total. The molecule has 0 radical (unpaired) electrons. The van der Waals surface area contributed by atoms with Gasteiger partial charge in [0, 0.05) is 0 Å². The molecule has 33 heavy (non-hydrogen) atoms. The molecule has 5 unspecified atom stereocenters. The van der Waals surface area contributed by atoms with Crippen molar-refractivity contribution in [2.45, 2.75) is 69.8 Å². The third-order valence-corrected chi connectivity index (χ3v) is 5.01. The smallest absolute Gasteiger partial charge is 0.326 e. The molecule has 0 bridgehead atoms. The van der Waals surface area contributed by atoms with E-state index in [0.717, 1.165) is 5.56 Å². The zero-order valence-electron chi connectivity index (χ0n) is 19.0. The average Bonchev–Trinajstić information content (AvgIpc) is 2.76. The van der Waals surface area contributed by atoms with Crippen molar-refractivity contribution in [3.63, 3.8) is 0 Å². The van der Waals surface area contributed by atoms with Crippen molar-refractivity contribution >= 4 is 23.7 Å². The van der Waals surface area contributed by atoms with E-state index < -0.39 is 54.0 Å². The highest BCUT2D eigenvalue weighted by atomic mass is 16.4. The zero-order valence-corrected chi connectivity index (χ0v) is 19.0. The number of unbranched alkanes of at least 4 members (excludes halogenated alkanes) is 1. The predicted molar refractivity (Wildman–Crippen MR) is 122 cm³/mol.